The Bertz CT molecular complexity index is 430. The van der Waals surface area contributed by atoms with Crippen LogP contribution in [0.15, 0.2) is 30.6 Å². The third-order valence-corrected chi connectivity index (χ3v) is 2.92. The van der Waals surface area contributed by atoms with Crippen LogP contribution in [0.3, 0.4) is 0 Å². The van der Waals surface area contributed by atoms with Crippen LogP contribution in [0.4, 0.5) is 0 Å². The van der Waals surface area contributed by atoms with Gasteiger partial charge in [-0.1, -0.05) is 6.07 Å². The summed E-state index contributed by atoms with van der Waals surface area (Å²) in [6.45, 7) is 0.290. The van der Waals surface area contributed by atoms with Gasteiger partial charge < -0.3 is 9.51 Å². The highest BCUT2D eigenvalue weighted by atomic mass is 16.3. The number of fused-ring (bicyclic) bond motifs is 1. The fourth-order valence-corrected chi connectivity index (χ4v) is 1.94. The lowest BCUT2D eigenvalue weighted by atomic mass is 10.2. The molecule has 2 aromatic heterocycles. The summed E-state index contributed by atoms with van der Waals surface area (Å²) >= 11 is 0. The number of nitrogens with zero attached hydrogens (tertiary/aromatic N) is 2. The molecule has 3 nitrogen and oxygen atoms in total. The Morgan fingerprint density at radius 2 is 2.43 bits per heavy atom. The van der Waals surface area contributed by atoms with Crippen LogP contribution in [0.5, 0.6) is 0 Å². The van der Waals surface area contributed by atoms with E-state index in [0.29, 0.717) is 18.4 Å². The van der Waals surface area contributed by atoms with Crippen LogP contribution in [0, 0.1) is 5.92 Å². The predicted octanol–water partition coefficient (Wildman–Crippen LogP) is 1.43. The third kappa shape index (κ3) is 1.13. The molecule has 2 heterocycles. The molecule has 72 valence electrons. The lowest BCUT2D eigenvalue weighted by molar-refractivity contribution is 0.273. The van der Waals surface area contributed by atoms with Gasteiger partial charge in [-0.3, -0.25) is 0 Å². The van der Waals surface area contributed by atoms with Crippen LogP contribution < -0.4 is 0 Å². The SMILES string of the molecule is OCC1CC1c1cn2ccccc2n1. The molecule has 14 heavy (non-hydrogen) atoms. The highest BCUT2D eigenvalue weighted by Gasteiger charge is 2.39. The van der Waals surface area contributed by atoms with Gasteiger partial charge in [-0.25, -0.2) is 4.98 Å². The predicted molar refractivity (Wildman–Crippen MR) is 53.1 cm³/mol. The molecule has 1 saturated carbocycles. The van der Waals surface area contributed by atoms with E-state index >= 15 is 0 Å². The van der Waals surface area contributed by atoms with Crippen LogP contribution in [-0.4, -0.2) is 21.1 Å². The number of hydrogen-bond donors (Lipinski definition) is 1. The molecule has 2 aromatic rings. The molecule has 2 atom stereocenters. The van der Waals surface area contributed by atoms with Crippen LogP contribution in [0.2, 0.25) is 0 Å². The van der Waals surface area contributed by atoms with Crippen molar-refractivity contribution in [3.63, 3.8) is 0 Å². The molecule has 0 radical (unpaired) electrons. The van der Waals surface area contributed by atoms with Crippen LogP contribution in [0.25, 0.3) is 5.65 Å². The van der Waals surface area contributed by atoms with Crippen molar-refractivity contribution >= 4 is 5.65 Å². The van der Waals surface area contributed by atoms with Crippen LogP contribution in [0.1, 0.15) is 18.0 Å². The summed E-state index contributed by atoms with van der Waals surface area (Å²) in [5.74, 6) is 0.930. The monoisotopic (exact) mass is 188 g/mol. The molecule has 1 fully saturated rings. The van der Waals surface area contributed by atoms with E-state index < -0.39 is 0 Å². The number of aliphatic hydroxyl groups excluding tert-OH is 1. The van der Waals surface area contributed by atoms with E-state index in [2.05, 4.69) is 11.2 Å². The second-order valence-corrected chi connectivity index (χ2v) is 3.92. The summed E-state index contributed by atoms with van der Waals surface area (Å²) in [4.78, 5) is 4.52. The van der Waals surface area contributed by atoms with Crippen molar-refractivity contribution in [1.82, 2.24) is 9.38 Å². The standard InChI is InChI=1S/C11H12N2O/c14-7-8-5-9(8)10-6-13-4-2-1-3-11(13)12-10/h1-4,6,8-9,14H,5,7H2. The first-order valence-corrected chi connectivity index (χ1v) is 4.93. The van der Waals surface area contributed by atoms with Gasteiger partial charge in [-0.05, 0) is 24.5 Å². The zero-order chi connectivity index (χ0) is 9.54. The Kier molecular flexibility index (Phi) is 1.61. The minimum absolute atomic E-state index is 0.290. The summed E-state index contributed by atoms with van der Waals surface area (Å²) in [6.07, 6.45) is 5.15. The minimum atomic E-state index is 0.290. The van der Waals surface area contributed by atoms with Crippen molar-refractivity contribution in [3.8, 4) is 0 Å². The third-order valence-electron chi connectivity index (χ3n) is 2.92. The topological polar surface area (TPSA) is 37.5 Å². The van der Waals surface area contributed by atoms with Gasteiger partial charge in [0.2, 0.25) is 0 Å². The van der Waals surface area contributed by atoms with Gasteiger partial charge in [-0.2, -0.15) is 0 Å². The molecular weight excluding hydrogens is 176 g/mol. The van der Waals surface area contributed by atoms with E-state index in [1.807, 2.05) is 28.8 Å². The molecular formula is C11H12N2O. The quantitative estimate of drug-likeness (QED) is 0.774. The van der Waals surface area contributed by atoms with E-state index in [0.717, 1.165) is 17.8 Å². The number of hydrogen-bond acceptors (Lipinski definition) is 2. The van der Waals surface area contributed by atoms with E-state index in [1.165, 1.54) is 0 Å². The van der Waals surface area contributed by atoms with Crippen molar-refractivity contribution in [3.05, 3.63) is 36.3 Å². The van der Waals surface area contributed by atoms with Crippen molar-refractivity contribution < 1.29 is 5.11 Å². The average Bonchev–Trinajstić information content (AvgIpc) is 2.89. The molecule has 0 aliphatic heterocycles. The van der Waals surface area contributed by atoms with Gasteiger partial charge >= 0.3 is 0 Å². The molecule has 0 saturated heterocycles. The van der Waals surface area contributed by atoms with E-state index in [-0.39, 0.29) is 0 Å². The average molecular weight is 188 g/mol. The minimum Gasteiger partial charge on any atom is -0.396 e. The Labute approximate surface area is 82.0 Å². The Morgan fingerprint density at radius 1 is 1.50 bits per heavy atom. The first kappa shape index (κ1) is 8.00. The Balaban J connectivity index is 1.99. The molecule has 0 amide bonds. The number of pyridine rings is 1. The van der Waals surface area contributed by atoms with Crippen molar-refractivity contribution in [2.24, 2.45) is 5.92 Å². The molecule has 1 aliphatic rings. The van der Waals surface area contributed by atoms with Crippen molar-refractivity contribution in [1.29, 1.82) is 0 Å². The van der Waals surface area contributed by atoms with Gasteiger partial charge in [0.15, 0.2) is 0 Å². The number of aliphatic hydroxyl groups is 1. The normalized spacial score (nSPS) is 25.5. The fraction of sp³-hybridized carbons (Fsp3) is 0.364. The fourth-order valence-electron chi connectivity index (χ4n) is 1.94. The maximum atomic E-state index is 8.98. The Hall–Kier alpha value is -1.35. The molecule has 0 bridgehead atoms. The molecule has 3 rings (SSSR count). The first-order valence-electron chi connectivity index (χ1n) is 4.93. The summed E-state index contributed by atoms with van der Waals surface area (Å²) in [7, 11) is 0. The maximum absolute atomic E-state index is 8.98. The molecule has 1 aliphatic carbocycles. The van der Waals surface area contributed by atoms with Gasteiger partial charge in [-0.15, -0.1) is 0 Å². The van der Waals surface area contributed by atoms with Gasteiger partial charge in [0.25, 0.3) is 0 Å². The van der Waals surface area contributed by atoms with E-state index in [9.17, 15) is 0 Å². The smallest absolute Gasteiger partial charge is 0.136 e. The highest BCUT2D eigenvalue weighted by Crippen LogP contribution is 2.46. The maximum Gasteiger partial charge on any atom is 0.136 e. The van der Waals surface area contributed by atoms with E-state index in [4.69, 9.17) is 5.11 Å². The second kappa shape index (κ2) is 2.82. The summed E-state index contributed by atoms with van der Waals surface area (Å²) < 4.78 is 2.03. The van der Waals surface area contributed by atoms with Crippen LogP contribution >= 0.6 is 0 Å². The molecule has 3 heteroatoms. The van der Waals surface area contributed by atoms with Crippen molar-refractivity contribution in [2.75, 3.05) is 6.61 Å². The summed E-state index contributed by atoms with van der Waals surface area (Å²) in [5, 5.41) is 8.98. The lowest BCUT2D eigenvalue weighted by Crippen LogP contribution is -1.88. The van der Waals surface area contributed by atoms with Crippen molar-refractivity contribution in [2.45, 2.75) is 12.3 Å². The summed E-state index contributed by atoms with van der Waals surface area (Å²) in [6, 6.07) is 5.98. The van der Waals surface area contributed by atoms with Gasteiger partial charge in [0, 0.05) is 24.9 Å². The van der Waals surface area contributed by atoms with Crippen LogP contribution in [-0.2, 0) is 0 Å². The largest absolute Gasteiger partial charge is 0.396 e. The molecule has 0 aromatic carbocycles. The number of aromatic nitrogens is 2. The lowest BCUT2D eigenvalue weighted by Gasteiger charge is -1.88. The Morgan fingerprint density at radius 3 is 3.14 bits per heavy atom. The first-order chi connectivity index (χ1) is 6.88. The van der Waals surface area contributed by atoms with Gasteiger partial charge in [0.05, 0.1) is 5.69 Å². The molecule has 0 spiro atoms. The number of rotatable bonds is 2. The highest BCUT2D eigenvalue weighted by molar-refractivity contribution is 5.41. The van der Waals surface area contributed by atoms with Gasteiger partial charge in [0.1, 0.15) is 5.65 Å². The molecule has 1 N–H and O–H groups in total. The second-order valence-electron chi connectivity index (χ2n) is 3.92. The zero-order valence-corrected chi connectivity index (χ0v) is 7.80. The zero-order valence-electron chi connectivity index (χ0n) is 7.80. The molecule has 2 unspecified atom stereocenters. The summed E-state index contributed by atoms with van der Waals surface area (Å²) in [5.41, 5.74) is 2.11. The number of imidazole rings is 1. The van der Waals surface area contributed by atoms with E-state index in [1.54, 1.807) is 0 Å².